The third kappa shape index (κ3) is 1.93. The van der Waals surface area contributed by atoms with E-state index in [0.29, 0.717) is 6.04 Å². The molecule has 54 valence electrons. The Bertz CT molecular complexity index is 87.1. The summed E-state index contributed by atoms with van der Waals surface area (Å²) >= 11 is 0. The van der Waals surface area contributed by atoms with Crippen molar-refractivity contribution in [1.82, 2.24) is 10.4 Å². The van der Waals surface area contributed by atoms with E-state index in [0.717, 1.165) is 19.6 Å². The Balaban J connectivity index is 2.23. The Morgan fingerprint density at radius 1 is 1.67 bits per heavy atom. The maximum absolute atomic E-state index is 5.05. The van der Waals surface area contributed by atoms with Gasteiger partial charge in [-0.05, 0) is 6.92 Å². The second kappa shape index (κ2) is 3.15. The molecule has 3 heteroatoms. The van der Waals surface area contributed by atoms with Gasteiger partial charge >= 0.3 is 0 Å². The zero-order valence-corrected chi connectivity index (χ0v) is 6.05. The molecule has 1 fully saturated rings. The molecule has 0 aliphatic carbocycles. The van der Waals surface area contributed by atoms with Crippen LogP contribution in [-0.4, -0.2) is 37.8 Å². The molecule has 1 aliphatic heterocycles. The van der Waals surface area contributed by atoms with Crippen molar-refractivity contribution in [3.05, 3.63) is 0 Å². The summed E-state index contributed by atoms with van der Waals surface area (Å²) in [5.74, 6) is 0. The first-order valence-corrected chi connectivity index (χ1v) is 3.35. The van der Waals surface area contributed by atoms with Crippen molar-refractivity contribution in [2.45, 2.75) is 13.0 Å². The van der Waals surface area contributed by atoms with Gasteiger partial charge in [-0.3, -0.25) is 0 Å². The summed E-state index contributed by atoms with van der Waals surface area (Å²) in [6, 6.07) is 0.568. The van der Waals surface area contributed by atoms with E-state index in [1.165, 1.54) is 0 Å². The molecule has 0 bridgehead atoms. The quantitative estimate of drug-likeness (QED) is 0.534. The Hall–Kier alpha value is -0.120. The van der Waals surface area contributed by atoms with Gasteiger partial charge in [-0.2, -0.15) is 5.06 Å². The molecule has 0 aromatic heterocycles. The number of nitrogens with zero attached hydrogens (tertiary/aromatic N) is 1. The number of nitrogens with one attached hydrogen (secondary N) is 1. The molecule has 1 aliphatic rings. The molecule has 3 nitrogen and oxygen atoms in total. The van der Waals surface area contributed by atoms with Crippen molar-refractivity contribution in [2.24, 2.45) is 0 Å². The summed E-state index contributed by atoms with van der Waals surface area (Å²) in [6.07, 6.45) is 0. The maximum Gasteiger partial charge on any atom is 0.0575 e. The molecule has 1 N–H and O–H groups in total. The van der Waals surface area contributed by atoms with Crippen molar-refractivity contribution in [3.8, 4) is 0 Å². The zero-order chi connectivity index (χ0) is 6.69. The second-order valence-corrected chi connectivity index (χ2v) is 2.43. The van der Waals surface area contributed by atoms with Crippen LogP contribution >= 0.6 is 0 Å². The SMILES string of the molecule is CON1CCN[C@@H](C)C1. The van der Waals surface area contributed by atoms with Crippen molar-refractivity contribution in [3.63, 3.8) is 0 Å². The van der Waals surface area contributed by atoms with Crippen LogP contribution < -0.4 is 5.32 Å². The molecule has 0 aromatic rings. The van der Waals surface area contributed by atoms with E-state index in [1.807, 2.05) is 5.06 Å². The van der Waals surface area contributed by atoms with E-state index >= 15 is 0 Å². The molecule has 1 atom stereocenters. The summed E-state index contributed by atoms with van der Waals surface area (Å²) < 4.78 is 0. The minimum absolute atomic E-state index is 0.568. The highest BCUT2D eigenvalue weighted by Crippen LogP contribution is 1.96. The molecule has 9 heavy (non-hydrogen) atoms. The number of hydrogen-bond donors (Lipinski definition) is 1. The van der Waals surface area contributed by atoms with Crippen LogP contribution in [0.15, 0.2) is 0 Å². The Kier molecular flexibility index (Phi) is 2.45. The van der Waals surface area contributed by atoms with Gasteiger partial charge in [-0.1, -0.05) is 0 Å². The molecule has 0 unspecified atom stereocenters. The van der Waals surface area contributed by atoms with Crippen molar-refractivity contribution < 1.29 is 4.84 Å². The fourth-order valence-electron chi connectivity index (χ4n) is 1.06. The number of hydrogen-bond acceptors (Lipinski definition) is 3. The van der Waals surface area contributed by atoms with Crippen LogP contribution in [0.25, 0.3) is 0 Å². The number of hydroxylamine groups is 2. The lowest BCUT2D eigenvalue weighted by Gasteiger charge is -2.29. The Morgan fingerprint density at radius 3 is 2.89 bits per heavy atom. The second-order valence-electron chi connectivity index (χ2n) is 2.43. The third-order valence-electron chi connectivity index (χ3n) is 1.59. The number of rotatable bonds is 1. The molecule has 0 saturated carbocycles. The largest absolute Gasteiger partial charge is 0.312 e. The smallest absolute Gasteiger partial charge is 0.0575 e. The molecule has 0 radical (unpaired) electrons. The first-order chi connectivity index (χ1) is 4.33. The van der Waals surface area contributed by atoms with E-state index in [-0.39, 0.29) is 0 Å². The molecule has 1 saturated heterocycles. The Labute approximate surface area is 55.9 Å². The first kappa shape index (κ1) is 6.99. The summed E-state index contributed by atoms with van der Waals surface area (Å²) in [5, 5.41) is 5.30. The topological polar surface area (TPSA) is 24.5 Å². The van der Waals surface area contributed by atoms with Gasteiger partial charge in [0.05, 0.1) is 7.11 Å². The molecule has 1 heterocycles. The normalized spacial score (nSPS) is 30.7. The summed E-state index contributed by atoms with van der Waals surface area (Å²) in [4.78, 5) is 5.05. The van der Waals surface area contributed by atoms with Gasteiger partial charge in [0.25, 0.3) is 0 Å². The van der Waals surface area contributed by atoms with Crippen LogP contribution in [0.4, 0.5) is 0 Å². The fraction of sp³-hybridized carbons (Fsp3) is 1.00. The van der Waals surface area contributed by atoms with Gasteiger partial charge in [0.1, 0.15) is 0 Å². The minimum Gasteiger partial charge on any atom is -0.312 e. The van der Waals surface area contributed by atoms with E-state index in [2.05, 4.69) is 12.2 Å². The fourth-order valence-corrected chi connectivity index (χ4v) is 1.06. The highest BCUT2D eigenvalue weighted by molar-refractivity contribution is 4.69. The summed E-state index contributed by atoms with van der Waals surface area (Å²) in [5.41, 5.74) is 0. The lowest BCUT2D eigenvalue weighted by Crippen LogP contribution is -2.48. The van der Waals surface area contributed by atoms with Crippen molar-refractivity contribution >= 4 is 0 Å². The zero-order valence-electron chi connectivity index (χ0n) is 6.05. The van der Waals surface area contributed by atoms with Gasteiger partial charge in [-0.25, -0.2) is 0 Å². The van der Waals surface area contributed by atoms with Crippen LogP contribution in [0.1, 0.15) is 6.92 Å². The highest BCUT2D eigenvalue weighted by atomic mass is 16.7. The third-order valence-corrected chi connectivity index (χ3v) is 1.59. The Morgan fingerprint density at radius 2 is 2.44 bits per heavy atom. The van der Waals surface area contributed by atoms with Gasteiger partial charge in [-0.15, -0.1) is 0 Å². The average Bonchev–Trinajstić information content (AvgIpc) is 1.88. The summed E-state index contributed by atoms with van der Waals surface area (Å²) in [6.45, 7) is 5.19. The lowest BCUT2D eigenvalue weighted by molar-refractivity contribution is -0.143. The maximum atomic E-state index is 5.05. The van der Waals surface area contributed by atoms with E-state index in [1.54, 1.807) is 7.11 Å². The van der Waals surface area contributed by atoms with Gasteiger partial charge in [0.2, 0.25) is 0 Å². The van der Waals surface area contributed by atoms with E-state index in [9.17, 15) is 0 Å². The van der Waals surface area contributed by atoms with E-state index in [4.69, 9.17) is 4.84 Å². The predicted molar refractivity (Wildman–Crippen MR) is 36.0 cm³/mol. The van der Waals surface area contributed by atoms with Gasteiger partial charge in [0.15, 0.2) is 0 Å². The van der Waals surface area contributed by atoms with E-state index < -0.39 is 0 Å². The molecule has 0 aromatic carbocycles. The molecular weight excluding hydrogens is 116 g/mol. The highest BCUT2D eigenvalue weighted by Gasteiger charge is 2.13. The minimum atomic E-state index is 0.568. The van der Waals surface area contributed by atoms with Crippen molar-refractivity contribution in [1.29, 1.82) is 0 Å². The van der Waals surface area contributed by atoms with Gasteiger partial charge in [0, 0.05) is 25.7 Å². The van der Waals surface area contributed by atoms with Crippen LogP contribution in [0, 0.1) is 0 Å². The molecule has 1 rings (SSSR count). The molecule has 0 spiro atoms. The van der Waals surface area contributed by atoms with Crippen LogP contribution in [0.5, 0.6) is 0 Å². The standard InChI is InChI=1S/C6H14N2O/c1-6-5-8(9-2)4-3-7-6/h6-7H,3-5H2,1-2H3/t6-/m0/s1. The molecule has 0 amide bonds. The monoisotopic (exact) mass is 130 g/mol. The average molecular weight is 130 g/mol. The summed E-state index contributed by atoms with van der Waals surface area (Å²) in [7, 11) is 1.72. The van der Waals surface area contributed by atoms with Gasteiger partial charge < -0.3 is 10.2 Å². The lowest BCUT2D eigenvalue weighted by atomic mass is 10.3. The molecular formula is C6H14N2O. The number of piperazine rings is 1. The van der Waals surface area contributed by atoms with Crippen LogP contribution in [0.3, 0.4) is 0 Å². The predicted octanol–water partition coefficient (Wildman–Crippen LogP) is -0.159. The van der Waals surface area contributed by atoms with Crippen molar-refractivity contribution in [2.75, 3.05) is 26.7 Å². The first-order valence-electron chi connectivity index (χ1n) is 3.35. The van der Waals surface area contributed by atoms with Crippen LogP contribution in [-0.2, 0) is 4.84 Å². The van der Waals surface area contributed by atoms with Crippen LogP contribution in [0.2, 0.25) is 0 Å².